The maximum absolute atomic E-state index is 6.24. The van der Waals surface area contributed by atoms with Crippen LogP contribution in [0.1, 0.15) is 19.2 Å². The standard InChI is InChI=1S/C14H19ClN4S/c1-10-8-18(2)5-3-6-19(10)9-12-16-13(15)11-4-7-20-14(11)17-12/h4,7,10H,3,5-6,8-9H2,1-2H3. The molecule has 3 rings (SSSR count). The van der Waals surface area contributed by atoms with Gasteiger partial charge in [0, 0.05) is 24.5 Å². The van der Waals surface area contributed by atoms with Crippen molar-refractivity contribution in [2.75, 3.05) is 26.7 Å². The summed E-state index contributed by atoms with van der Waals surface area (Å²) in [5.74, 6) is 0.835. The molecule has 1 atom stereocenters. The van der Waals surface area contributed by atoms with Gasteiger partial charge in [-0.15, -0.1) is 11.3 Å². The lowest BCUT2D eigenvalue weighted by Gasteiger charge is -2.27. The topological polar surface area (TPSA) is 32.3 Å². The van der Waals surface area contributed by atoms with Gasteiger partial charge in [0.2, 0.25) is 0 Å². The van der Waals surface area contributed by atoms with Crippen molar-refractivity contribution in [2.24, 2.45) is 0 Å². The van der Waals surface area contributed by atoms with Crippen LogP contribution in [-0.4, -0.2) is 52.5 Å². The molecule has 0 saturated carbocycles. The molecule has 1 fully saturated rings. The average Bonchev–Trinajstić information content (AvgIpc) is 2.80. The van der Waals surface area contributed by atoms with E-state index in [0.29, 0.717) is 11.2 Å². The summed E-state index contributed by atoms with van der Waals surface area (Å²) in [6, 6.07) is 2.50. The van der Waals surface area contributed by atoms with E-state index in [0.717, 1.165) is 42.2 Å². The summed E-state index contributed by atoms with van der Waals surface area (Å²) in [6.07, 6.45) is 1.19. The van der Waals surface area contributed by atoms with Crippen molar-refractivity contribution < 1.29 is 0 Å². The molecule has 0 aliphatic carbocycles. The lowest BCUT2D eigenvalue weighted by atomic mass is 10.2. The zero-order valence-electron chi connectivity index (χ0n) is 11.8. The molecule has 0 aromatic carbocycles. The zero-order chi connectivity index (χ0) is 14.1. The summed E-state index contributed by atoms with van der Waals surface area (Å²) in [7, 11) is 2.19. The SMILES string of the molecule is CC1CN(C)CCCN1Cc1nc(Cl)c2ccsc2n1. The number of hydrogen-bond acceptors (Lipinski definition) is 5. The van der Waals surface area contributed by atoms with Gasteiger partial charge in [-0.1, -0.05) is 11.6 Å². The highest BCUT2D eigenvalue weighted by atomic mass is 35.5. The number of nitrogens with zero attached hydrogens (tertiary/aromatic N) is 4. The van der Waals surface area contributed by atoms with Crippen LogP contribution in [0.3, 0.4) is 0 Å². The summed E-state index contributed by atoms with van der Waals surface area (Å²) in [5.41, 5.74) is 0. The van der Waals surface area contributed by atoms with Gasteiger partial charge in [-0.3, -0.25) is 4.90 Å². The molecule has 0 radical (unpaired) electrons. The number of aromatic nitrogens is 2. The molecule has 1 saturated heterocycles. The molecule has 2 aromatic heterocycles. The molecule has 0 bridgehead atoms. The molecule has 1 aliphatic heterocycles. The number of likely N-dealkylation sites (N-methyl/N-ethyl adjacent to an activating group) is 1. The molecule has 1 aliphatic rings. The Bertz CT molecular complexity index is 600. The van der Waals surface area contributed by atoms with Crippen molar-refractivity contribution in [3.05, 3.63) is 22.4 Å². The summed E-state index contributed by atoms with van der Waals surface area (Å²) in [5, 5.41) is 3.55. The molecule has 0 amide bonds. The molecular formula is C14H19ClN4S. The third-order valence-corrected chi connectivity index (χ3v) is 4.95. The zero-order valence-corrected chi connectivity index (χ0v) is 13.4. The van der Waals surface area contributed by atoms with Crippen LogP contribution in [0, 0.1) is 0 Å². The van der Waals surface area contributed by atoms with E-state index in [1.54, 1.807) is 11.3 Å². The minimum Gasteiger partial charge on any atom is -0.305 e. The Hall–Kier alpha value is -0.750. The Morgan fingerprint density at radius 3 is 3.10 bits per heavy atom. The normalized spacial score (nSPS) is 22.2. The minimum absolute atomic E-state index is 0.518. The Balaban J connectivity index is 1.81. The van der Waals surface area contributed by atoms with E-state index in [9.17, 15) is 0 Å². The highest BCUT2D eigenvalue weighted by Gasteiger charge is 2.21. The fraction of sp³-hybridized carbons (Fsp3) is 0.571. The Morgan fingerprint density at radius 1 is 1.40 bits per heavy atom. The summed E-state index contributed by atoms with van der Waals surface area (Å²) < 4.78 is 0. The van der Waals surface area contributed by atoms with E-state index < -0.39 is 0 Å². The van der Waals surface area contributed by atoms with Crippen LogP contribution in [0.2, 0.25) is 5.15 Å². The van der Waals surface area contributed by atoms with Crippen molar-refractivity contribution in [1.82, 2.24) is 19.8 Å². The maximum Gasteiger partial charge on any atom is 0.145 e. The van der Waals surface area contributed by atoms with Crippen molar-refractivity contribution in [3.63, 3.8) is 0 Å². The number of rotatable bonds is 2. The van der Waals surface area contributed by atoms with E-state index in [2.05, 4.69) is 33.7 Å². The van der Waals surface area contributed by atoms with Gasteiger partial charge in [-0.05, 0) is 38.4 Å². The first-order chi connectivity index (χ1) is 9.63. The first-order valence-electron chi connectivity index (χ1n) is 6.95. The molecular weight excluding hydrogens is 292 g/mol. The van der Waals surface area contributed by atoms with Gasteiger partial charge < -0.3 is 4.90 Å². The van der Waals surface area contributed by atoms with E-state index >= 15 is 0 Å². The maximum atomic E-state index is 6.24. The fourth-order valence-corrected chi connectivity index (χ4v) is 3.86. The molecule has 0 N–H and O–H groups in total. The van der Waals surface area contributed by atoms with Gasteiger partial charge in [-0.25, -0.2) is 9.97 Å². The molecule has 3 heterocycles. The highest BCUT2D eigenvalue weighted by molar-refractivity contribution is 7.16. The Labute approximate surface area is 128 Å². The van der Waals surface area contributed by atoms with Crippen LogP contribution in [0.15, 0.2) is 11.4 Å². The van der Waals surface area contributed by atoms with Crippen LogP contribution >= 0.6 is 22.9 Å². The number of thiophene rings is 1. The number of halogens is 1. The molecule has 108 valence electrons. The van der Waals surface area contributed by atoms with Crippen LogP contribution in [-0.2, 0) is 6.54 Å². The smallest absolute Gasteiger partial charge is 0.145 e. The van der Waals surface area contributed by atoms with E-state index in [1.807, 2.05) is 11.4 Å². The molecule has 0 spiro atoms. The van der Waals surface area contributed by atoms with Crippen molar-refractivity contribution in [1.29, 1.82) is 0 Å². The Morgan fingerprint density at radius 2 is 2.25 bits per heavy atom. The third-order valence-electron chi connectivity index (χ3n) is 3.85. The Kier molecular flexibility index (Phi) is 4.21. The first-order valence-corrected chi connectivity index (χ1v) is 8.21. The average molecular weight is 311 g/mol. The van der Waals surface area contributed by atoms with Crippen molar-refractivity contribution in [2.45, 2.75) is 25.9 Å². The van der Waals surface area contributed by atoms with Crippen molar-refractivity contribution >= 4 is 33.2 Å². The van der Waals surface area contributed by atoms with E-state index in [4.69, 9.17) is 11.6 Å². The van der Waals surface area contributed by atoms with Crippen LogP contribution in [0.25, 0.3) is 10.2 Å². The number of fused-ring (bicyclic) bond motifs is 1. The predicted octanol–water partition coefficient (Wildman–Crippen LogP) is 2.87. The minimum atomic E-state index is 0.518. The van der Waals surface area contributed by atoms with Gasteiger partial charge in [0.25, 0.3) is 0 Å². The largest absolute Gasteiger partial charge is 0.305 e. The second-order valence-electron chi connectivity index (χ2n) is 5.51. The second-order valence-corrected chi connectivity index (χ2v) is 6.76. The summed E-state index contributed by atoms with van der Waals surface area (Å²) in [6.45, 7) is 6.39. The lowest BCUT2D eigenvalue weighted by molar-refractivity contribution is 0.190. The van der Waals surface area contributed by atoms with Crippen LogP contribution < -0.4 is 0 Å². The van der Waals surface area contributed by atoms with Gasteiger partial charge in [0.15, 0.2) is 0 Å². The molecule has 1 unspecified atom stereocenters. The van der Waals surface area contributed by atoms with Crippen molar-refractivity contribution in [3.8, 4) is 0 Å². The van der Waals surface area contributed by atoms with Gasteiger partial charge in [-0.2, -0.15) is 0 Å². The van der Waals surface area contributed by atoms with Gasteiger partial charge in [0.05, 0.1) is 6.54 Å². The second kappa shape index (κ2) is 5.93. The van der Waals surface area contributed by atoms with Crippen LogP contribution in [0.4, 0.5) is 0 Å². The quantitative estimate of drug-likeness (QED) is 0.798. The van der Waals surface area contributed by atoms with Crippen LogP contribution in [0.5, 0.6) is 0 Å². The first kappa shape index (κ1) is 14.2. The summed E-state index contributed by atoms with van der Waals surface area (Å²) in [4.78, 5) is 14.9. The molecule has 2 aromatic rings. The molecule has 20 heavy (non-hydrogen) atoms. The van der Waals surface area contributed by atoms with Gasteiger partial charge >= 0.3 is 0 Å². The molecule has 6 heteroatoms. The monoisotopic (exact) mass is 310 g/mol. The lowest BCUT2D eigenvalue weighted by Crippen LogP contribution is -2.37. The number of hydrogen-bond donors (Lipinski definition) is 0. The fourth-order valence-electron chi connectivity index (χ4n) is 2.77. The molecule has 4 nitrogen and oxygen atoms in total. The van der Waals surface area contributed by atoms with E-state index in [-0.39, 0.29) is 0 Å². The highest BCUT2D eigenvalue weighted by Crippen LogP contribution is 2.25. The predicted molar refractivity (Wildman–Crippen MR) is 84.4 cm³/mol. The van der Waals surface area contributed by atoms with Gasteiger partial charge in [0.1, 0.15) is 15.8 Å². The summed E-state index contributed by atoms with van der Waals surface area (Å²) >= 11 is 7.86. The van der Waals surface area contributed by atoms with E-state index in [1.165, 1.54) is 6.42 Å². The third kappa shape index (κ3) is 2.96.